The molecular weight excluding hydrogens is 220 g/mol. The number of hydrogen-bond acceptors (Lipinski definition) is 0. The first kappa shape index (κ1) is 12.5. The molecule has 0 spiro atoms. The number of allylic oxidation sites excluding steroid dienone is 4. The molecule has 0 N–H and O–H groups in total. The maximum absolute atomic E-state index is 2.54. The molecule has 1 rings (SSSR count). The van der Waals surface area contributed by atoms with E-state index in [1.807, 2.05) is 0 Å². The first-order chi connectivity index (χ1) is 6.16. The summed E-state index contributed by atoms with van der Waals surface area (Å²) in [6, 6.07) is 1.44. The van der Waals surface area contributed by atoms with Crippen LogP contribution in [-0.4, -0.2) is 8.07 Å². The van der Waals surface area contributed by atoms with Gasteiger partial charge in [-0.3, -0.25) is 0 Å². The second-order valence-corrected chi connectivity index (χ2v) is 20.7. The molecule has 0 aliphatic heterocycles. The SMILES string of the molecule is C[Si](C)(C)C[C]1([Ti]([CH3])([CH3])[CH3])C=CC=C1. The van der Waals surface area contributed by atoms with Gasteiger partial charge in [-0.2, -0.15) is 0 Å². The van der Waals surface area contributed by atoms with Gasteiger partial charge in [-0.05, 0) is 0 Å². The second-order valence-electron chi connectivity index (χ2n) is 6.75. The van der Waals surface area contributed by atoms with Crippen LogP contribution in [0.1, 0.15) is 0 Å². The summed E-state index contributed by atoms with van der Waals surface area (Å²) in [7, 11) is -0.960. The Kier molecular flexibility index (Phi) is 3.36. The van der Waals surface area contributed by atoms with Crippen LogP contribution in [0.4, 0.5) is 0 Å². The molecule has 1 aliphatic carbocycles. The van der Waals surface area contributed by atoms with Gasteiger partial charge in [0.05, 0.1) is 0 Å². The zero-order chi connectivity index (χ0) is 11.0. The van der Waals surface area contributed by atoms with Gasteiger partial charge in [0.25, 0.3) is 0 Å². The van der Waals surface area contributed by atoms with Gasteiger partial charge >= 0.3 is 94.1 Å². The van der Waals surface area contributed by atoms with E-state index in [1.165, 1.54) is 6.04 Å². The molecule has 0 atom stereocenters. The molecule has 2 heteroatoms. The number of hydrogen-bond donors (Lipinski definition) is 0. The van der Waals surface area contributed by atoms with Crippen molar-refractivity contribution >= 4 is 8.07 Å². The molecule has 0 saturated heterocycles. The predicted molar refractivity (Wildman–Crippen MR) is 66.7 cm³/mol. The van der Waals surface area contributed by atoms with Gasteiger partial charge in [0.2, 0.25) is 0 Å². The Balaban J connectivity index is 2.97. The fraction of sp³-hybridized carbons (Fsp3) is 0.667. The third kappa shape index (κ3) is 2.71. The van der Waals surface area contributed by atoms with E-state index in [9.17, 15) is 0 Å². The Morgan fingerprint density at radius 3 is 1.71 bits per heavy atom. The van der Waals surface area contributed by atoms with Crippen LogP contribution in [0.25, 0.3) is 0 Å². The van der Waals surface area contributed by atoms with E-state index in [0.717, 1.165) is 0 Å². The van der Waals surface area contributed by atoms with Crippen molar-refractivity contribution in [1.29, 1.82) is 0 Å². The molecule has 14 heavy (non-hydrogen) atoms. The molecule has 0 bridgehead atoms. The maximum atomic E-state index is 2.54. The Labute approximate surface area is 93.9 Å². The molecule has 0 radical (unpaired) electrons. The van der Waals surface area contributed by atoms with Crippen molar-refractivity contribution in [2.75, 3.05) is 0 Å². The van der Waals surface area contributed by atoms with E-state index in [0.29, 0.717) is 3.72 Å². The fourth-order valence-electron chi connectivity index (χ4n) is 2.27. The Hall–Kier alpha value is 0.411. The average Bonchev–Trinajstić information content (AvgIpc) is 2.31. The Bertz CT molecular complexity index is 251. The average molecular weight is 244 g/mol. The van der Waals surface area contributed by atoms with Gasteiger partial charge in [-0.1, -0.05) is 0 Å². The van der Waals surface area contributed by atoms with Gasteiger partial charge in [0.15, 0.2) is 0 Å². The van der Waals surface area contributed by atoms with Crippen LogP contribution in [0.15, 0.2) is 24.3 Å². The Morgan fingerprint density at radius 2 is 1.43 bits per heavy atom. The van der Waals surface area contributed by atoms with Gasteiger partial charge in [-0.25, -0.2) is 0 Å². The molecule has 0 nitrogen and oxygen atoms in total. The van der Waals surface area contributed by atoms with Gasteiger partial charge in [0.1, 0.15) is 0 Å². The van der Waals surface area contributed by atoms with Crippen molar-refractivity contribution in [3.05, 3.63) is 24.3 Å². The predicted octanol–water partition coefficient (Wildman–Crippen LogP) is 4.91. The fourth-order valence-corrected chi connectivity index (χ4v) is 11.6. The normalized spacial score (nSPS) is 20.4. The van der Waals surface area contributed by atoms with Crippen molar-refractivity contribution in [2.24, 2.45) is 0 Å². The van der Waals surface area contributed by atoms with Gasteiger partial charge in [0, 0.05) is 0 Å². The molecule has 0 unspecified atom stereocenters. The molecule has 0 saturated carbocycles. The first-order valence-electron chi connectivity index (χ1n) is 5.53. The van der Waals surface area contributed by atoms with Crippen molar-refractivity contribution < 1.29 is 16.6 Å². The van der Waals surface area contributed by atoms with Crippen molar-refractivity contribution in [3.63, 3.8) is 0 Å². The summed E-state index contributed by atoms with van der Waals surface area (Å²) in [6.07, 6.45) is 9.50. The molecule has 0 heterocycles. The minimum absolute atomic E-state index is 0.504. The van der Waals surface area contributed by atoms with Crippen molar-refractivity contribution in [2.45, 2.75) is 45.1 Å². The number of rotatable bonds is 3. The standard InChI is InChI=1S/C9H15Si.3CH3.Ti/c1-10(2,3)8-9-6-4-5-7-9;;;;/h4-7H,8H2,1-3H3;3*1H3;. The van der Waals surface area contributed by atoms with Gasteiger partial charge < -0.3 is 0 Å². The summed E-state index contributed by atoms with van der Waals surface area (Å²) in [5.41, 5.74) is 0. The van der Waals surface area contributed by atoms with Crippen LogP contribution in [0.2, 0.25) is 45.1 Å². The molecule has 0 aromatic rings. The topological polar surface area (TPSA) is 0 Å². The molecule has 0 aromatic heterocycles. The van der Waals surface area contributed by atoms with E-state index in [1.54, 1.807) is 0 Å². The summed E-state index contributed by atoms with van der Waals surface area (Å²) in [5.74, 6) is 0. The van der Waals surface area contributed by atoms with Crippen LogP contribution in [0.3, 0.4) is 0 Å². The van der Waals surface area contributed by atoms with Crippen LogP contribution < -0.4 is 0 Å². The van der Waals surface area contributed by atoms with Crippen LogP contribution in [0, 0.1) is 0 Å². The summed E-state index contributed by atoms with van der Waals surface area (Å²) in [5, 5.41) is 7.63. The Morgan fingerprint density at radius 1 is 1.00 bits per heavy atom. The molecule has 0 aromatic carbocycles. The first-order valence-corrected chi connectivity index (χ1v) is 14.7. The minimum atomic E-state index is -1.64. The summed E-state index contributed by atoms with van der Waals surface area (Å²) in [6.45, 7) is 7.47. The zero-order valence-electron chi connectivity index (χ0n) is 10.5. The van der Waals surface area contributed by atoms with E-state index in [4.69, 9.17) is 0 Å². The van der Waals surface area contributed by atoms with E-state index in [2.05, 4.69) is 59.6 Å². The van der Waals surface area contributed by atoms with Crippen LogP contribution in [-0.2, 0) is 16.6 Å². The third-order valence-electron chi connectivity index (χ3n) is 3.12. The molecular formula is C12H24SiTi. The summed E-state index contributed by atoms with van der Waals surface area (Å²) < 4.78 is 0.504. The van der Waals surface area contributed by atoms with Crippen LogP contribution in [0.5, 0.6) is 0 Å². The molecule has 80 valence electrons. The molecule has 1 aliphatic rings. The van der Waals surface area contributed by atoms with Crippen molar-refractivity contribution in [1.82, 2.24) is 0 Å². The van der Waals surface area contributed by atoms with E-state index in [-0.39, 0.29) is 0 Å². The zero-order valence-corrected chi connectivity index (χ0v) is 13.1. The summed E-state index contributed by atoms with van der Waals surface area (Å²) in [4.78, 5) is 0. The van der Waals surface area contributed by atoms with Gasteiger partial charge in [-0.15, -0.1) is 0 Å². The second kappa shape index (κ2) is 3.77. The van der Waals surface area contributed by atoms with Crippen molar-refractivity contribution in [3.8, 4) is 0 Å². The van der Waals surface area contributed by atoms with E-state index < -0.39 is 24.7 Å². The molecule has 0 amide bonds. The third-order valence-corrected chi connectivity index (χ3v) is 10.5. The monoisotopic (exact) mass is 244 g/mol. The summed E-state index contributed by atoms with van der Waals surface area (Å²) >= 11 is -1.64. The molecule has 0 fully saturated rings. The van der Waals surface area contributed by atoms with E-state index >= 15 is 0 Å². The van der Waals surface area contributed by atoms with Crippen LogP contribution >= 0.6 is 0 Å². The quantitative estimate of drug-likeness (QED) is 0.619.